The van der Waals surface area contributed by atoms with Gasteiger partial charge in [-0.3, -0.25) is 19.8 Å². The number of benzene rings is 1. The highest BCUT2D eigenvalue weighted by Gasteiger charge is 2.34. The first-order valence-electron chi connectivity index (χ1n) is 6.48. The maximum absolute atomic E-state index is 12.8. The minimum absolute atomic E-state index is 0.001000. The van der Waals surface area contributed by atoms with E-state index >= 15 is 0 Å². The third-order valence-corrected chi connectivity index (χ3v) is 5.22. The Labute approximate surface area is 161 Å². The number of amides is 2. The predicted octanol–water partition coefficient (Wildman–Crippen LogP) is 4.54. The molecule has 1 fully saturated rings. The molecular weight excluding hydrogens is 411 g/mol. The molecule has 24 heavy (non-hydrogen) atoms. The lowest BCUT2D eigenvalue weighted by Crippen LogP contribution is -2.54. The van der Waals surface area contributed by atoms with E-state index in [1.807, 2.05) is 0 Å². The standard InChI is InChI=1S/C15H7Cl3N2O2S2/c16-8-1-3-9(4-2-8)20-14(22)10(13(21)19-15(20)23)5-7-6-11(17)24-12(7)18/h1-6H,(H,19,21,23)/b10-5+. The maximum atomic E-state index is 12.8. The average molecular weight is 418 g/mol. The van der Waals surface area contributed by atoms with Crippen LogP contribution in [0.4, 0.5) is 5.69 Å². The highest BCUT2D eigenvalue weighted by Crippen LogP contribution is 2.33. The molecule has 2 amide bonds. The van der Waals surface area contributed by atoms with Crippen molar-refractivity contribution in [2.24, 2.45) is 0 Å². The van der Waals surface area contributed by atoms with Gasteiger partial charge in [-0.05, 0) is 48.6 Å². The van der Waals surface area contributed by atoms with Crippen molar-refractivity contribution in [3.05, 3.63) is 55.2 Å². The second-order valence-electron chi connectivity index (χ2n) is 4.71. The van der Waals surface area contributed by atoms with Gasteiger partial charge in [0.15, 0.2) is 5.11 Å². The van der Waals surface area contributed by atoms with Gasteiger partial charge in [0.05, 0.1) is 10.0 Å². The summed E-state index contributed by atoms with van der Waals surface area (Å²) in [4.78, 5) is 26.1. The molecule has 122 valence electrons. The van der Waals surface area contributed by atoms with E-state index < -0.39 is 11.8 Å². The molecule has 1 saturated heterocycles. The first kappa shape index (κ1) is 17.4. The van der Waals surface area contributed by atoms with Crippen molar-refractivity contribution >= 4 is 87.0 Å². The lowest BCUT2D eigenvalue weighted by molar-refractivity contribution is -0.122. The van der Waals surface area contributed by atoms with Gasteiger partial charge < -0.3 is 0 Å². The Morgan fingerprint density at radius 3 is 2.38 bits per heavy atom. The molecular formula is C15H7Cl3N2O2S2. The molecule has 0 bridgehead atoms. The van der Waals surface area contributed by atoms with Gasteiger partial charge in [-0.15, -0.1) is 11.3 Å². The minimum atomic E-state index is -0.589. The van der Waals surface area contributed by atoms with Crippen molar-refractivity contribution < 1.29 is 9.59 Å². The molecule has 0 radical (unpaired) electrons. The summed E-state index contributed by atoms with van der Waals surface area (Å²) in [7, 11) is 0. The number of carbonyl (C=O) groups excluding carboxylic acids is 2. The van der Waals surface area contributed by atoms with Crippen LogP contribution in [0.2, 0.25) is 13.7 Å². The van der Waals surface area contributed by atoms with Crippen LogP contribution in [-0.4, -0.2) is 16.9 Å². The van der Waals surface area contributed by atoms with Gasteiger partial charge in [0.2, 0.25) is 0 Å². The zero-order valence-electron chi connectivity index (χ0n) is 11.7. The van der Waals surface area contributed by atoms with Crippen LogP contribution in [0.5, 0.6) is 0 Å². The molecule has 1 aromatic carbocycles. The number of carbonyl (C=O) groups is 2. The van der Waals surface area contributed by atoms with E-state index in [1.165, 1.54) is 11.0 Å². The molecule has 0 aliphatic carbocycles. The smallest absolute Gasteiger partial charge is 0.270 e. The first-order chi connectivity index (χ1) is 11.4. The number of hydrogen-bond acceptors (Lipinski definition) is 4. The van der Waals surface area contributed by atoms with Gasteiger partial charge >= 0.3 is 0 Å². The van der Waals surface area contributed by atoms with E-state index in [0.29, 0.717) is 24.9 Å². The van der Waals surface area contributed by atoms with E-state index in [2.05, 4.69) is 5.32 Å². The van der Waals surface area contributed by atoms with Crippen LogP contribution in [0, 0.1) is 0 Å². The number of nitrogens with zero attached hydrogens (tertiary/aromatic N) is 1. The normalized spacial score (nSPS) is 16.7. The molecule has 0 spiro atoms. The third-order valence-electron chi connectivity index (χ3n) is 3.17. The van der Waals surface area contributed by atoms with Crippen LogP contribution in [0.25, 0.3) is 6.08 Å². The number of halogens is 3. The quantitative estimate of drug-likeness (QED) is 0.443. The highest BCUT2D eigenvalue weighted by molar-refractivity contribution is 7.80. The van der Waals surface area contributed by atoms with Gasteiger partial charge in [0.25, 0.3) is 11.8 Å². The number of anilines is 1. The van der Waals surface area contributed by atoms with E-state index in [-0.39, 0.29) is 10.7 Å². The fraction of sp³-hybridized carbons (Fsp3) is 0. The first-order valence-corrected chi connectivity index (χ1v) is 8.84. The average Bonchev–Trinajstić information content (AvgIpc) is 2.83. The van der Waals surface area contributed by atoms with Crippen molar-refractivity contribution in [3.63, 3.8) is 0 Å². The molecule has 1 aliphatic heterocycles. The van der Waals surface area contributed by atoms with Crippen LogP contribution in [0.1, 0.15) is 5.56 Å². The van der Waals surface area contributed by atoms with E-state index in [0.717, 1.165) is 11.3 Å². The topological polar surface area (TPSA) is 49.4 Å². The monoisotopic (exact) mass is 416 g/mol. The molecule has 1 N–H and O–H groups in total. The Balaban J connectivity index is 2.03. The van der Waals surface area contributed by atoms with Crippen LogP contribution >= 0.6 is 58.4 Å². The Hall–Kier alpha value is -1.44. The summed E-state index contributed by atoms with van der Waals surface area (Å²) in [5.41, 5.74) is 0.902. The lowest BCUT2D eigenvalue weighted by atomic mass is 10.1. The molecule has 3 rings (SSSR count). The fourth-order valence-electron chi connectivity index (χ4n) is 2.09. The maximum Gasteiger partial charge on any atom is 0.270 e. The van der Waals surface area contributed by atoms with Crippen molar-refractivity contribution in [1.82, 2.24) is 5.32 Å². The van der Waals surface area contributed by atoms with Crippen molar-refractivity contribution in [2.75, 3.05) is 4.90 Å². The Morgan fingerprint density at radius 2 is 1.79 bits per heavy atom. The Bertz CT molecular complexity index is 891. The van der Waals surface area contributed by atoms with Crippen molar-refractivity contribution in [3.8, 4) is 0 Å². The number of rotatable bonds is 2. The van der Waals surface area contributed by atoms with Gasteiger partial charge in [0.1, 0.15) is 9.91 Å². The van der Waals surface area contributed by atoms with Gasteiger partial charge in [0, 0.05) is 10.6 Å². The number of nitrogens with one attached hydrogen (secondary N) is 1. The molecule has 1 aliphatic rings. The molecule has 2 heterocycles. The highest BCUT2D eigenvalue weighted by atomic mass is 35.5. The van der Waals surface area contributed by atoms with Crippen LogP contribution < -0.4 is 10.2 Å². The summed E-state index contributed by atoms with van der Waals surface area (Å²) in [5, 5.41) is 3.01. The summed E-state index contributed by atoms with van der Waals surface area (Å²) in [6, 6.07) is 8.11. The summed E-state index contributed by atoms with van der Waals surface area (Å²) in [6.45, 7) is 0. The predicted molar refractivity (Wildman–Crippen MR) is 102 cm³/mol. The second kappa shape index (κ2) is 6.82. The van der Waals surface area contributed by atoms with E-state index in [9.17, 15) is 9.59 Å². The zero-order valence-corrected chi connectivity index (χ0v) is 15.6. The third kappa shape index (κ3) is 3.34. The summed E-state index contributed by atoms with van der Waals surface area (Å²) in [6.07, 6.45) is 1.40. The molecule has 2 aromatic rings. The van der Waals surface area contributed by atoms with Gasteiger partial charge in [-0.2, -0.15) is 0 Å². The number of thiocarbonyl (C=S) groups is 1. The SMILES string of the molecule is O=C1NC(=S)N(c2ccc(Cl)cc2)C(=O)/C1=C/c1cc(Cl)sc1Cl. The number of hydrogen-bond donors (Lipinski definition) is 1. The largest absolute Gasteiger partial charge is 0.298 e. The Kier molecular flexibility index (Phi) is 4.94. The minimum Gasteiger partial charge on any atom is -0.298 e. The molecule has 9 heteroatoms. The summed E-state index contributed by atoms with van der Waals surface area (Å²) in [5.74, 6) is -1.14. The molecule has 4 nitrogen and oxygen atoms in total. The second-order valence-corrected chi connectivity index (χ2v) is 7.82. The van der Waals surface area contributed by atoms with Crippen LogP contribution in [0.3, 0.4) is 0 Å². The molecule has 0 atom stereocenters. The summed E-state index contributed by atoms with van der Waals surface area (Å²) >= 11 is 24.1. The molecule has 0 unspecified atom stereocenters. The zero-order chi connectivity index (χ0) is 17.4. The van der Waals surface area contributed by atoms with Crippen molar-refractivity contribution in [1.29, 1.82) is 0 Å². The number of thiophene rings is 1. The van der Waals surface area contributed by atoms with Crippen LogP contribution in [-0.2, 0) is 9.59 Å². The fourth-order valence-corrected chi connectivity index (χ4v) is 3.91. The van der Waals surface area contributed by atoms with E-state index in [4.69, 9.17) is 47.0 Å². The van der Waals surface area contributed by atoms with E-state index in [1.54, 1.807) is 30.3 Å². The van der Waals surface area contributed by atoms with Gasteiger partial charge in [-0.1, -0.05) is 34.8 Å². The van der Waals surface area contributed by atoms with Gasteiger partial charge in [-0.25, -0.2) is 0 Å². The lowest BCUT2D eigenvalue weighted by Gasteiger charge is -2.28. The molecule has 1 aromatic heterocycles. The summed E-state index contributed by atoms with van der Waals surface area (Å²) < 4.78 is 0.847. The molecule has 0 saturated carbocycles. The van der Waals surface area contributed by atoms with Crippen molar-refractivity contribution in [2.45, 2.75) is 0 Å². The Morgan fingerprint density at radius 1 is 1.12 bits per heavy atom. The van der Waals surface area contributed by atoms with Crippen LogP contribution in [0.15, 0.2) is 35.9 Å².